The molecule has 6 nitrogen and oxygen atoms in total. The third kappa shape index (κ3) is 4.71. The van der Waals surface area contributed by atoms with Gasteiger partial charge in [0, 0.05) is 44.0 Å². The highest BCUT2D eigenvalue weighted by Gasteiger charge is 2.20. The Bertz CT molecular complexity index is 853. The van der Waals surface area contributed by atoms with E-state index in [9.17, 15) is 9.59 Å². The number of hydrogen-bond donors (Lipinski definition) is 0. The molecular weight excluding hydrogens is 356 g/mol. The molecule has 146 valence electrons. The van der Waals surface area contributed by atoms with E-state index in [4.69, 9.17) is 4.74 Å². The molecule has 2 aromatic carbocycles. The predicted octanol–water partition coefficient (Wildman–Crippen LogP) is 2.84. The highest BCUT2D eigenvalue weighted by Crippen LogP contribution is 2.22. The molecule has 1 heterocycles. The Morgan fingerprint density at radius 1 is 0.964 bits per heavy atom. The van der Waals surface area contributed by atoms with Gasteiger partial charge in [0.2, 0.25) is 5.91 Å². The second-order valence-electron chi connectivity index (χ2n) is 6.46. The number of hydrogen-bond acceptors (Lipinski definition) is 5. The van der Waals surface area contributed by atoms with E-state index in [1.807, 2.05) is 23.1 Å². The summed E-state index contributed by atoms with van der Waals surface area (Å²) in [5.74, 6) is 0.444. The standard InChI is InChI=1S/C22H24N2O4/c1-27-20-5-3-4-19(16-20)23-12-14-24(15-13-23)21(25)11-8-17-6-9-18(10-7-17)22(26)28-2/h3-11,16H,12-15H2,1-2H3/b11-8+. The van der Waals surface area contributed by atoms with Gasteiger partial charge in [-0.25, -0.2) is 4.79 Å². The zero-order valence-electron chi connectivity index (χ0n) is 16.1. The molecule has 0 spiro atoms. The Balaban J connectivity index is 1.54. The maximum atomic E-state index is 12.5. The van der Waals surface area contributed by atoms with Crippen LogP contribution in [0, 0.1) is 0 Å². The fourth-order valence-electron chi connectivity index (χ4n) is 3.11. The highest BCUT2D eigenvalue weighted by atomic mass is 16.5. The Morgan fingerprint density at radius 3 is 2.32 bits per heavy atom. The van der Waals surface area contributed by atoms with Crippen molar-refractivity contribution in [2.75, 3.05) is 45.3 Å². The SMILES string of the molecule is COC(=O)c1ccc(/C=C/C(=O)N2CCN(c3cccc(OC)c3)CC2)cc1. The van der Waals surface area contributed by atoms with E-state index in [1.165, 1.54) is 7.11 Å². The number of methoxy groups -OCH3 is 2. The van der Waals surface area contributed by atoms with Crippen LogP contribution in [0.25, 0.3) is 6.08 Å². The summed E-state index contributed by atoms with van der Waals surface area (Å²) in [6.07, 6.45) is 3.34. The molecule has 1 amide bonds. The monoisotopic (exact) mass is 380 g/mol. The molecule has 1 saturated heterocycles. The second-order valence-corrected chi connectivity index (χ2v) is 6.46. The van der Waals surface area contributed by atoms with Gasteiger partial charge < -0.3 is 19.3 Å². The molecule has 0 aromatic heterocycles. The minimum Gasteiger partial charge on any atom is -0.497 e. The number of amides is 1. The summed E-state index contributed by atoms with van der Waals surface area (Å²) >= 11 is 0. The average Bonchev–Trinajstić information content (AvgIpc) is 2.77. The van der Waals surface area contributed by atoms with Crippen LogP contribution in [0.3, 0.4) is 0 Å². The molecule has 1 aliphatic rings. The van der Waals surface area contributed by atoms with E-state index in [1.54, 1.807) is 43.5 Å². The van der Waals surface area contributed by atoms with Crippen LogP contribution in [0.4, 0.5) is 5.69 Å². The van der Waals surface area contributed by atoms with Crippen molar-refractivity contribution in [1.29, 1.82) is 0 Å². The lowest BCUT2D eigenvalue weighted by molar-refractivity contribution is -0.126. The molecule has 1 aliphatic heterocycles. The molecular formula is C22H24N2O4. The van der Waals surface area contributed by atoms with Gasteiger partial charge in [-0.1, -0.05) is 18.2 Å². The van der Waals surface area contributed by atoms with Gasteiger partial charge in [0.15, 0.2) is 0 Å². The summed E-state index contributed by atoms with van der Waals surface area (Å²) in [7, 11) is 3.01. The number of carbonyl (C=O) groups excluding carboxylic acids is 2. The van der Waals surface area contributed by atoms with E-state index in [0.29, 0.717) is 18.7 Å². The molecule has 1 fully saturated rings. The van der Waals surface area contributed by atoms with Gasteiger partial charge in [0.1, 0.15) is 5.75 Å². The fourth-order valence-corrected chi connectivity index (χ4v) is 3.11. The zero-order valence-corrected chi connectivity index (χ0v) is 16.1. The van der Waals surface area contributed by atoms with Crippen LogP contribution in [0.15, 0.2) is 54.6 Å². The van der Waals surface area contributed by atoms with Gasteiger partial charge in [-0.2, -0.15) is 0 Å². The van der Waals surface area contributed by atoms with Crippen LogP contribution >= 0.6 is 0 Å². The summed E-state index contributed by atoms with van der Waals surface area (Å²) in [6, 6.07) is 14.9. The number of carbonyl (C=O) groups is 2. The minimum absolute atomic E-state index is 0.0117. The largest absolute Gasteiger partial charge is 0.497 e. The lowest BCUT2D eigenvalue weighted by Crippen LogP contribution is -2.48. The molecule has 0 N–H and O–H groups in total. The summed E-state index contributed by atoms with van der Waals surface area (Å²) in [6.45, 7) is 2.89. The van der Waals surface area contributed by atoms with E-state index in [-0.39, 0.29) is 11.9 Å². The molecule has 0 bridgehead atoms. The van der Waals surface area contributed by atoms with E-state index >= 15 is 0 Å². The van der Waals surface area contributed by atoms with E-state index < -0.39 is 0 Å². The number of rotatable bonds is 5. The molecule has 6 heteroatoms. The quantitative estimate of drug-likeness (QED) is 0.590. The van der Waals surface area contributed by atoms with Gasteiger partial charge in [-0.15, -0.1) is 0 Å². The van der Waals surface area contributed by atoms with Gasteiger partial charge in [-0.05, 0) is 35.9 Å². The Hall–Kier alpha value is -3.28. The maximum Gasteiger partial charge on any atom is 0.337 e. The maximum absolute atomic E-state index is 12.5. The Morgan fingerprint density at radius 2 is 1.68 bits per heavy atom. The number of ether oxygens (including phenoxy) is 2. The van der Waals surface area contributed by atoms with Gasteiger partial charge >= 0.3 is 5.97 Å². The first-order valence-electron chi connectivity index (χ1n) is 9.15. The van der Waals surface area contributed by atoms with Crippen LogP contribution in [0.5, 0.6) is 5.75 Å². The highest BCUT2D eigenvalue weighted by molar-refractivity contribution is 5.92. The fraction of sp³-hybridized carbons (Fsp3) is 0.273. The van der Waals surface area contributed by atoms with Crippen LogP contribution in [0.1, 0.15) is 15.9 Å². The molecule has 0 saturated carbocycles. The summed E-state index contributed by atoms with van der Waals surface area (Å²) in [4.78, 5) is 28.0. The van der Waals surface area contributed by atoms with Crippen molar-refractivity contribution in [3.05, 3.63) is 65.7 Å². The number of esters is 1. The average molecular weight is 380 g/mol. The Labute approximate surface area is 165 Å². The summed E-state index contributed by atoms with van der Waals surface area (Å²) in [5, 5.41) is 0. The smallest absolute Gasteiger partial charge is 0.337 e. The first kappa shape index (κ1) is 19.5. The first-order valence-corrected chi connectivity index (χ1v) is 9.15. The number of piperazine rings is 1. The minimum atomic E-state index is -0.375. The molecule has 3 rings (SSSR count). The van der Waals surface area contributed by atoms with Gasteiger partial charge in [0.05, 0.1) is 19.8 Å². The second kappa shape index (κ2) is 9.08. The van der Waals surface area contributed by atoms with Crippen LogP contribution < -0.4 is 9.64 Å². The number of nitrogens with zero attached hydrogens (tertiary/aromatic N) is 2. The molecule has 2 aromatic rings. The molecule has 0 unspecified atom stereocenters. The lowest BCUT2D eigenvalue weighted by Gasteiger charge is -2.35. The van der Waals surface area contributed by atoms with Crippen molar-refractivity contribution in [3.63, 3.8) is 0 Å². The van der Waals surface area contributed by atoms with Crippen LogP contribution in [-0.4, -0.2) is 57.2 Å². The lowest BCUT2D eigenvalue weighted by atomic mass is 10.1. The van der Waals surface area contributed by atoms with Crippen molar-refractivity contribution >= 4 is 23.6 Å². The molecule has 0 radical (unpaired) electrons. The third-order valence-corrected chi connectivity index (χ3v) is 4.76. The van der Waals surface area contributed by atoms with E-state index in [2.05, 4.69) is 15.7 Å². The van der Waals surface area contributed by atoms with Crippen molar-refractivity contribution in [2.45, 2.75) is 0 Å². The summed E-state index contributed by atoms with van der Waals surface area (Å²) in [5.41, 5.74) is 2.45. The first-order chi connectivity index (χ1) is 13.6. The third-order valence-electron chi connectivity index (χ3n) is 4.76. The van der Waals surface area contributed by atoms with Crippen LogP contribution in [-0.2, 0) is 9.53 Å². The zero-order chi connectivity index (χ0) is 19.9. The van der Waals surface area contributed by atoms with E-state index in [0.717, 1.165) is 30.1 Å². The normalized spacial score (nSPS) is 14.2. The predicted molar refractivity (Wildman–Crippen MR) is 109 cm³/mol. The Kier molecular flexibility index (Phi) is 6.32. The van der Waals surface area contributed by atoms with Crippen molar-refractivity contribution in [3.8, 4) is 5.75 Å². The number of anilines is 1. The van der Waals surface area contributed by atoms with Crippen molar-refractivity contribution in [1.82, 2.24) is 4.90 Å². The van der Waals surface area contributed by atoms with Crippen molar-refractivity contribution < 1.29 is 19.1 Å². The van der Waals surface area contributed by atoms with Crippen LogP contribution in [0.2, 0.25) is 0 Å². The van der Waals surface area contributed by atoms with Crippen molar-refractivity contribution in [2.24, 2.45) is 0 Å². The molecule has 0 aliphatic carbocycles. The number of benzene rings is 2. The molecule has 28 heavy (non-hydrogen) atoms. The van der Waals surface area contributed by atoms with Gasteiger partial charge in [0.25, 0.3) is 0 Å². The molecule has 0 atom stereocenters. The summed E-state index contributed by atoms with van der Waals surface area (Å²) < 4.78 is 9.96. The topological polar surface area (TPSA) is 59.1 Å². The van der Waals surface area contributed by atoms with Gasteiger partial charge in [-0.3, -0.25) is 4.79 Å².